The van der Waals surface area contributed by atoms with Gasteiger partial charge in [-0.15, -0.1) is 22.0 Å². The molecule has 2 aromatic heterocycles. The number of carboxylic acid groups (broad SMARTS) is 1. The zero-order valence-corrected chi connectivity index (χ0v) is 17.5. The average Bonchev–Trinajstić information content (AvgIpc) is 2.68. The first-order valence-electron chi connectivity index (χ1n) is 8.58. The van der Waals surface area contributed by atoms with E-state index in [-0.39, 0.29) is 16.5 Å². The third-order valence-corrected chi connectivity index (χ3v) is 4.84. The third kappa shape index (κ3) is 4.93. The van der Waals surface area contributed by atoms with Crippen LogP contribution in [-0.2, 0) is 0 Å². The van der Waals surface area contributed by atoms with Crippen molar-refractivity contribution in [3.05, 3.63) is 47.5 Å². The Labute approximate surface area is 176 Å². The van der Waals surface area contributed by atoms with Crippen LogP contribution in [0.25, 0.3) is 11.4 Å². The van der Waals surface area contributed by atoms with Gasteiger partial charge in [-0.3, -0.25) is 0 Å². The van der Waals surface area contributed by atoms with Crippen LogP contribution < -0.4 is 10.1 Å². The zero-order valence-electron chi connectivity index (χ0n) is 15.9. The number of halogens is 1. The number of anilines is 2. The molecule has 0 unspecified atom stereocenters. The van der Waals surface area contributed by atoms with Gasteiger partial charge in [0.15, 0.2) is 22.4 Å². The molecule has 0 fully saturated rings. The van der Waals surface area contributed by atoms with Crippen LogP contribution in [0, 0.1) is 0 Å². The molecule has 1 aromatic carbocycles. The normalized spacial score (nSPS) is 10.8. The van der Waals surface area contributed by atoms with Gasteiger partial charge < -0.3 is 15.2 Å². The number of para-hydroxylation sites is 1. The number of carboxylic acids is 1. The van der Waals surface area contributed by atoms with E-state index in [0.717, 1.165) is 4.90 Å². The average molecular weight is 432 g/mol. The lowest BCUT2D eigenvalue weighted by molar-refractivity contribution is 0.0690. The Morgan fingerprint density at radius 2 is 1.93 bits per heavy atom. The van der Waals surface area contributed by atoms with Gasteiger partial charge in [0.2, 0.25) is 0 Å². The molecular formula is C19H18ClN5O3S. The number of aromatic nitrogens is 4. The fourth-order valence-corrected chi connectivity index (χ4v) is 3.50. The van der Waals surface area contributed by atoms with Crippen molar-refractivity contribution in [3.63, 3.8) is 0 Å². The fraction of sp³-hybridized carbons (Fsp3) is 0.211. The summed E-state index contributed by atoms with van der Waals surface area (Å²) in [6.07, 6.45) is 3.53. The Kier molecular flexibility index (Phi) is 6.50. The van der Waals surface area contributed by atoms with Crippen molar-refractivity contribution in [2.75, 3.05) is 12.4 Å². The van der Waals surface area contributed by atoms with Gasteiger partial charge in [-0.25, -0.2) is 14.8 Å². The number of thioether (sulfide) groups is 1. The number of hydrogen-bond donors (Lipinski definition) is 2. The van der Waals surface area contributed by atoms with Crippen LogP contribution in [0.5, 0.6) is 5.75 Å². The van der Waals surface area contributed by atoms with Gasteiger partial charge in [0, 0.05) is 28.6 Å². The van der Waals surface area contributed by atoms with E-state index < -0.39 is 5.97 Å². The first-order valence-corrected chi connectivity index (χ1v) is 9.84. The number of benzene rings is 1. The Hall–Kier alpha value is -2.91. The highest BCUT2D eigenvalue weighted by Crippen LogP contribution is 2.37. The summed E-state index contributed by atoms with van der Waals surface area (Å²) in [4.78, 5) is 21.3. The second-order valence-electron chi connectivity index (χ2n) is 6.15. The number of aromatic carboxylic acids is 1. The monoisotopic (exact) mass is 431 g/mol. The van der Waals surface area contributed by atoms with E-state index >= 15 is 0 Å². The summed E-state index contributed by atoms with van der Waals surface area (Å²) in [7, 11) is 1.52. The Morgan fingerprint density at radius 1 is 1.21 bits per heavy atom. The van der Waals surface area contributed by atoms with E-state index in [1.54, 1.807) is 36.3 Å². The second-order valence-corrected chi connectivity index (χ2v) is 8.19. The van der Waals surface area contributed by atoms with Crippen LogP contribution >= 0.6 is 23.4 Å². The molecule has 0 aliphatic carbocycles. The number of nitrogens with one attached hydrogen (secondary N) is 1. The summed E-state index contributed by atoms with van der Waals surface area (Å²) < 4.78 is 5.56. The summed E-state index contributed by atoms with van der Waals surface area (Å²) in [5.74, 6) is -0.280. The zero-order chi connectivity index (χ0) is 21.0. The topological polar surface area (TPSA) is 110 Å². The van der Waals surface area contributed by atoms with Crippen LogP contribution in [0.2, 0.25) is 5.15 Å². The molecule has 0 radical (unpaired) electrons. The van der Waals surface area contributed by atoms with E-state index in [0.29, 0.717) is 28.1 Å². The Bertz CT molecular complexity index is 1030. The summed E-state index contributed by atoms with van der Waals surface area (Å²) in [6, 6.07) is 6.74. The number of nitrogens with zero attached hydrogens (tertiary/aromatic N) is 4. The minimum absolute atomic E-state index is 0.0641. The summed E-state index contributed by atoms with van der Waals surface area (Å²) in [6.45, 7) is 4.20. The maximum atomic E-state index is 11.4. The highest BCUT2D eigenvalue weighted by Gasteiger charge is 2.18. The van der Waals surface area contributed by atoms with Crippen LogP contribution in [0.4, 0.5) is 11.4 Å². The highest BCUT2D eigenvalue weighted by atomic mass is 35.5. The quantitative estimate of drug-likeness (QED) is 0.521. The predicted molar refractivity (Wildman–Crippen MR) is 112 cm³/mol. The van der Waals surface area contributed by atoms with Crippen molar-refractivity contribution in [2.24, 2.45) is 0 Å². The number of carbonyl (C=O) groups is 1. The molecule has 8 nitrogen and oxygen atoms in total. The molecule has 3 rings (SSSR count). The van der Waals surface area contributed by atoms with Crippen molar-refractivity contribution in [1.82, 2.24) is 20.2 Å². The van der Waals surface area contributed by atoms with E-state index in [9.17, 15) is 9.90 Å². The van der Waals surface area contributed by atoms with Gasteiger partial charge in [0.25, 0.3) is 0 Å². The lowest BCUT2D eigenvalue weighted by atomic mass is 10.1. The maximum Gasteiger partial charge on any atom is 0.358 e. The Balaban J connectivity index is 1.99. The van der Waals surface area contributed by atoms with Gasteiger partial charge in [-0.2, -0.15) is 0 Å². The highest BCUT2D eigenvalue weighted by molar-refractivity contribution is 7.99. The van der Waals surface area contributed by atoms with Crippen molar-refractivity contribution in [1.29, 1.82) is 0 Å². The largest absolute Gasteiger partial charge is 0.494 e. The summed E-state index contributed by atoms with van der Waals surface area (Å²) in [5.41, 5.74) is 1.11. The van der Waals surface area contributed by atoms with Crippen molar-refractivity contribution in [3.8, 4) is 17.1 Å². The predicted octanol–water partition coefficient (Wildman–Crippen LogP) is 4.54. The molecule has 0 bridgehead atoms. The van der Waals surface area contributed by atoms with Crippen molar-refractivity contribution >= 4 is 40.7 Å². The van der Waals surface area contributed by atoms with Crippen molar-refractivity contribution in [2.45, 2.75) is 24.0 Å². The number of methoxy groups -OCH3 is 1. The van der Waals surface area contributed by atoms with E-state index in [1.807, 2.05) is 6.07 Å². The lowest BCUT2D eigenvalue weighted by Gasteiger charge is -2.15. The molecule has 0 spiro atoms. The molecule has 0 aliphatic heterocycles. The van der Waals surface area contributed by atoms with Gasteiger partial charge >= 0.3 is 5.97 Å². The first-order chi connectivity index (χ1) is 13.9. The SMILES string of the molecule is COc1c(Nc2cc(Cl)nnc2C(=O)O)cccc1-c1ncc(SC(C)C)cn1. The van der Waals surface area contributed by atoms with Crippen molar-refractivity contribution < 1.29 is 14.6 Å². The molecule has 150 valence electrons. The van der Waals surface area contributed by atoms with Crippen LogP contribution in [0.1, 0.15) is 24.3 Å². The molecule has 0 aliphatic rings. The molecule has 2 N–H and O–H groups in total. The number of rotatable bonds is 7. The minimum atomic E-state index is -1.23. The van der Waals surface area contributed by atoms with Gasteiger partial charge in [0.05, 0.1) is 24.0 Å². The van der Waals surface area contributed by atoms with E-state index in [4.69, 9.17) is 16.3 Å². The number of ether oxygens (including phenoxy) is 1. The smallest absolute Gasteiger partial charge is 0.358 e. The molecule has 10 heteroatoms. The second kappa shape index (κ2) is 9.06. The molecule has 29 heavy (non-hydrogen) atoms. The minimum Gasteiger partial charge on any atom is -0.494 e. The summed E-state index contributed by atoms with van der Waals surface area (Å²) >= 11 is 7.55. The molecule has 0 atom stereocenters. The molecule has 0 amide bonds. The van der Waals surface area contributed by atoms with Gasteiger partial charge in [-0.05, 0) is 12.1 Å². The number of hydrogen-bond acceptors (Lipinski definition) is 8. The van der Waals surface area contributed by atoms with E-state index in [2.05, 4.69) is 39.3 Å². The Morgan fingerprint density at radius 3 is 2.55 bits per heavy atom. The molecule has 0 saturated carbocycles. The first kappa shape index (κ1) is 20.8. The fourth-order valence-electron chi connectivity index (χ4n) is 2.59. The summed E-state index contributed by atoms with van der Waals surface area (Å²) in [5, 5.41) is 20.1. The standard InChI is InChI=1S/C19H18ClN5O3S/c1-10(2)29-11-8-21-18(22-9-11)12-5-4-6-13(17(12)28-3)23-14-7-15(20)24-25-16(14)19(26)27/h4-10H,1-3H3,(H,23,24)(H,26,27). The van der Waals surface area contributed by atoms with Gasteiger partial charge in [-0.1, -0.05) is 31.5 Å². The molecular weight excluding hydrogens is 414 g/mol. The van der Waals surface area contributed by atoms with E-state index in [1.165, 1.54) is 13.2 Å². The van der Waals surface area contributed by atoms with Crippen LogP contribution in [0.15, 0.2) is 41.6 Å². The molecule has 2 heterocycles. The maximum absolute atomic E-state index is 11.4. The van der Waals surface area contributed by atoms with Crippen LogP contribution in [0.3, 0.4) is 0 Å². The third-order valence-electron chi connectivity index (χ3n) is 3.70. The molecule has 0 saturated heterocycles. The molecule has 3 aromatic rings. The lowest BCUT2D eigenvalue weighted by Crippen LogP contribution is -2.08. The van der Waals surface area contributed by atoms with Gasteiger partial charge in [0.1, 0.15) is 0 Å². The van der Waals surface area contributed by atoms with Crippen LogP contribution in [-0.4, -0.2) is 43.6 Å².